The van der Waals surface area contributed by atoms with Gasteiger partial charge in [0.1, 0.15) is 6.10 Å². The third-order valence-corrected chi connectivity index (χ3v) is 6.91. The summed E-state index contributed by atoms with van der Waals surface area (Å²) in [6.45, 7) is 8.34. The second kappa shape index (κ2) is 7.43. The van der Waals surface area contributed by atoms with E-state index in [9.17, 15) is 15.0 Å². The third kappa shape index (κ3) is 3.52. The standard InChI is InChI=1S/C23H32O5/c1-14(2)23(26)11-10-22(4)9-8-15(3)12-19(20(22)23)28-21(25)16-6-7-18(27-5)17(24)13-16/h6-7,12-14,19-20,24,26H,8-11H2,1-5H3. The van der Waals surface area contributed by atoms with Gasteiger partial charge >= 0.3 is 5.97 Å². The number of esters is 1. The van der Waals surface area contributed by atoms with E-state index < -0.39 is 17.7 Å². The zero-order valence-electron chi connectivity index (χ0n) is 17.5. The number of phenolic OH excluding ortho intramolecular Hbond substituents is 1. The van der Waals surface area contributed by atoms with E-state index in [1.807, 2.05) is 19.9 Å². The Labute approximate surface area is 167 Å². The zero-order valence-corrected chi connectivity index (χ0v) is 17.5. The highest BCUT2D eigenvalue weighted by molar-refractivity contribution is 5.90. The van der Waals surface area contributed by atoms with Gasteiger partial charge in [-0.15, -0.1) is 0 Å². The summed E-state index contributed by atoms with van der Waals surface area (Å²) in [5.74, 6) is -0.395. The summed E-state index contributed by atoms with van der Waals surface area (Å²) in [6, 6.07) is 4.48. The molecule has 0 aliphatic heterocycles. The second-order valence-corrected chi connectivity index (χ2v) is 9.05. The van der Waals surface area contributed by atoms with Gasteiger partial charge < -0.3 is 19.7 Å². The van der Waals surface area contributed by atoms with Crippen LogP contribution in [0.4, 0.5) is 0 Å². The van der Waals surface area contributed by atoms with Crippen molar-refractivity contribution >= 4 is 5.97 Å². The molecule has 2 aliphatic carbocycles. The number of hydrogen-bond acceptors (Lipinski definition) is 5. The van der Waals surface area contributed by atoms with E-state index in [0.717, 1.165) is 25.7 Å². The normalized spacial score (nSPS) is 32.5. The number of allylic oxidation sites excluding steroid dienone is 1. The lowest BCUT2D eigenvalue weighted by atomic mass is 9.68. The molecule has 28 heavy (non-hydrogen) atoms. The summed E-state index contributed by atoms with van der Waals surface area (Å²) in [5.41, 5.74) is 0.488. The number of hydrogen-bond donors (Lipinski definition) is 2. The smallest absolute Gasteiger partial charge is 0.338 e. The average Bonchev–Trinajstić information content (AvgIpc) is 2.84. The minimum Gasteiger partial charge on any atom is -0.504 e. The van der Waals surface area contributed by atoms with Crippen LogP contribution in [0.25, 0.3) is 0 Å². The summed E-state index contributed by atoms with van der Waals surface area (Å²) in [4.78, 5) is 12.9. The van der Waals surface area contributed by atoms with Crippen LogP contribution in [0.3, 0.4) is 0 Å². The van der Waals surface area contributed by atoms with Crippen molar-refractivity contribution in [3.8, 4) is 11.5 Å². The van der Waals surface area contributed by atoms with E-state index in [1.165, 1.54) is 18.7 Å². The summed E-state index contributed by atoms with van der Waals surface area (Å²) in [5, 5.41) is 21.5. The monoisotopic (exact) mass is 388 g/mol. The predicted octanol–water partition coefficient (Wildman–Crippen LogP) is 4.47. The maximum absolute atomic E-state index is 12.9. The molecule has 5 heteroatoms. The molecule has 1 aromatic carbocycles. The number of aromatic hydroxyl groups is 1. The van der Waals surface area contributed by atoms with Gasteiger partial charge in [-0.05, 0) is 68.2 Å². The van der Waals surface area contributed by atoms with E-state index in [-0.39, 0.29) is 28.6 Å². The van der Waals surface area contributed by atoms with Crippen LogP contribution >= 0.6 is 0 Å². The van der Waals surface area contributed by atoms with Gasteiger partial charge in [0.2, 0.25) is 0 Å². The Morgan fingerprint density at radius 3 is 2.57 bits per heavy atom. The number of phenols is 1. The van der Waals surface area contributed by atoms with Crippen molar-refractivity contribution in [1.29, 1.82) is 0 Å². The highest BCUT2D eigenvalue weighted by atomic mass is 16.5. The molecule has 0 radical (unpaired) electrons. The lowest BCUT2D eigenvalue weighted by Gasteiger charge is -2.43. The molecular formula is C23H32O5. The van der Waals surface area contributed by atoms with E-state index in [0.29, 0.717) is 5.75 Å². The number of rotatable bonds is 4. The van der Waals surface area contributed by atoms with E-state index in [2.05, 4.69) is 13.8 Å². The van der Waals surface area contributed by atoms with Gasteiger partial charge in [0.15, 0.2) is 11.5 Å². The minimum atomic E-state index is -0.872. The molecule has 0 spiro atoms. The van der Waals surface area contributed by atoms with E-state index in [4.69, 9.17) is 9.47 Å². The number of carbonyl (C=O) groups is 1. The number of fused-ring (bicyclic) bond motifs is 1. The molecule has 0 aromatic heterocycles. The number of aliphatic hydroxyl groups is 1. The van der Waals surface area contributed by atoms with Gasteiger partial charge in [-0.2, -0.15) is 0 Å². The molecule has 154 valence electrons. The molecule has 0 amide bonds. The lowest BCUT2D eigenvalue weighted by Crippen LogP contribution is -2.49. The minimum absolute atomic E-state index is 0.0670. The van der Waals surface area contributed by atoms with Crippen molar-refractivity contribution in [2.45, 2.75) is 65.1 Å². The molecule has 1 saturated carbocycles. The summed E-state index contributed by atoms with van der Waals surface area (Å²) in [7, 11) is 1.46. The first kappa shape index (κ1) is 20.7. The van der Waals surface area contributed by atoms with Gasteiger partial charge in [0, 0.05) is 5.92 Å². The van der Waals surface area contributed by atoms with Crippen molar-refractivity contribution in [2.75, 3.05) is 7.11 Å². The topological polar surface area (TPSA) is 76.0 Å². The highest BCUT2D eigenvalue weighted by Gasteiger charge is 2.59. The molecular weight excluding hydrogens is 356 g/mol. The first-order chi connectivity index (χ1) is 13.1. The highest BCUT2D eigenvalue weighted by Crippen LogP contribution is 2.58. The molecule has 0 heterocycles. The molecule has 1 fully saturated rings. The van der Waals surface area contributed by atoms with Gasteiger partial charge in [-0.3, -0.25) is 0 Å². The van der Waals surface area contributed by atoms with E-state index in [1.54, 1.807) is 12.1 Å². The summed E-state index contributed by atoms with van der Waals surface area (Å²) in [6.07, 6.45) is 5.07. The Morgan fingerprint density at radius 2 is 1.96 bits per heavy atom. The van der Waals surface area contributed by atoms with Crippen LogP contribution in [0, 0.1) is 17.3 Å². The summed E-state index contributed by atoms with van der Waals surface area (Å²) >= 11 is 0. The maximum atomic E-state index is 12.9. The molecule has 4 atom stereocenters. The number of carbonyl (C=O) groups excluding carboxylic acids is 1. The first-order valence-corrected chi connectivity index (χ1v) is 10.1. The van der Waals surface area contributed by atoms with Crippen LogP contribution < -0.4 is 4.74 Å². The molecule has 2 aliphatic rings. The summed E-state index contributed by atoms with van der Waals surface area (Å²) < 4.78 is 11.0. The molecule has 2 N–H and O–H groups in total. The van der Waals surface area contributed by atoms with Gasteiger partial charge in [0.25, 0.3) is 0 Å². The maximum Gasteiger partial charge on any atom is 0.338 e. The van der Waals surface area contributed by atoms with Gasteiger partial charge in [0.05, 0.1) is 18.3 Å². The second-order valence-electron chi connectivity index (χ2n) is 9.05. The lowest BCUT2D eigenvalue weighted by molar-refractivity contribution is -0.102. The molecule has 4 unspecified atom stereocenters. The average molecular weight is 389 g/mol. The van der Waals surface area contributed by atoms with Crippen LogP contribution in [0.2, 0.25) is 0 Å². The Balaban J connectivity index is 1.94. The Hall–Kier alpha value is -2.01. The Kier molecular flexibility index (Phi) is 5.50. The van der Waals surface area contributed by atoms with Crippen molar-refractivity contribution in [2.24, 2.45) is 17.3 Å². The number of ether oxygens (including phenoxy) is 2. The Morgan fingerprint density at radius 1 is 1.25 bits per heavy atom. The van der Waals surface area contributed by atoms with Crippen LogP contribution in [0.1, 0.15) is 63.7 Å². The predicted molar refractivity (Wildman–Crippen MR) is 107 cm³/mol. The van der Waals surface area contributed by atoms with Crippen LogP contribution in [-0.2, 0) is 4.74 Å². The largest absolute Gasteiger partial charge is 0.504 e. The van der Waals surface area contributed by atoms with Crippen LogP contribution in [0.15, 0.2) is 29.8 Å². The number of benzene rings is 1. The van der Waals surface area contributed by atoms with Crippen LogP contribution in [-0.4, -0.2) is 35.0 Å². The van der Waals surface area contributed by atoms with Gasteiger partial charge in [-0.1, -0.05) is 26.3 Å². The van der Waals surface area contributed by atoms with Gasteiger partial charge in [-0.25, -0.2) is 4.79 Å². The fourth-order valence-electron chi connectivity index (χ4n) is 5.06. The van der Waals surface area contributed by atoms with Crippen molar-refractivity contribution in [3.63, 3.8) is 0 Å². The van der Waals surface area contributed by atoms with Crippen LogP contribution in [0.5, 0.6) is 11.5 Å². The molecule has 5 nitrogen and oxygen atoms in total. The zero-order chi connectivity index (χ0) is 20.7. The number of methoxy groups -OCH3 is 1. The first-order valence-electron chi connectivity index (χ1n) is 10.1. The molecule has 3 rings (SSSR count). The van der Waals surface area contributed by atoms with Crippen molar-refractivity contribution < 1.29 is 24.5 Å². The quantitative estimate of drug-likeness (QED) is 0.588. The molecule has 0 saturated heterocycles. The molecule has 1 aromatic rings. The fourth-order valence-corrected chi connectivity index (χ4v) is 5.06. The van der Waals surface area contributed by atoms with Crippen molar-refractivity contribution in [1.82, 2.24) is 0 Å². The molecule has 0 bridgehead atoms. The SMILES string of the molecule is COc1ccc(C(=O)OC2C=C(C)CCC3(C)CCC(O)(C(C)C)C23)cc1O. The van der Waals surface area contributed by atoms with Crippen molar-refractivity contribution in [3.05, 3.63) is 35.4 Å². The van der Waals surface area contributed by atoms with E-state index >= 15 is 0 Å². The Bertz CT molecular complexity index is 783. The fraction of sp³-hybridized carbons (Fsp3) is 0.609. The third-order valence-electron chi connectivity index (χ3n) is 6.91.